The zero-order valence-electron chi connectivity index (χ0n) is 14.8. The largest absolute Gasteiger partial charge is 0.314 e. The maximum absolute atomic E-state index is 12.5. The fraction of sp³-hybridized carbons (Fsp3) is 0.300. The Morgan fingerprint density at radius 1 is 1.08 bits per heavy atom. The van der Waals surface area contributed by atoms with Gasteiger partial charge < -0.3 is 4.90 Å². The third-order valence-corrected chi connectivity index (χ3v) is 4.73. The van der Waals surface area contributed by atoms with Crippen molar-refractivity contribution in [1.82, 2.24) is 4.98 Å². The molecule has 0 atom stereocenters. The number of amides is 1. The normalized spacial score (nSPS) is 15.2. The summed E-state index contributed by atoms with van der Waals surface area (Å²) in [6, 6.07) is 8.49. The molecule has 25 heavy (non-hydrogen) atoms. The van der Waals surface area contributed by atoms with E-state index in [9.17, 15) is 14.4 Å². The molecule has 1 aliphatic rings. The first-order valence-corrected chi connectivity index (χ1v) is 8.13. The molecule has 0 spiro atoms. The van der Waals surface area contributed by atoms with Crippen LogP contribution in [-0.2, 0) is 10.2 Å². The molecule has 0 bridgehead atoms. The lowest BCUT2D eigenvalue weighted by Gasteiger charge is -2.16. The summed E-state index contributed by atoms with van der Waals surface area (Å²) in [5.41, 5.74) is 2.68. The lowest BCUT2D eigenvalue weighted by molar-refractivity contribution is -0.121. The molecular weight excluding hydrogens is 316 g/mol. The highest BCUT2D eigenvalue weighted by atomic mass is 16.2. The van der Waals surface area contributed by atoms with Crippen molar-refractivity contribution in [3.63, 3.8) is 0 Å². The number of ketones is 2. The highest BCUT2D eigenvalue weighted by molar-refractivity contribution is 6.15. The second kappa shape index (κ2) is 5.92. The van der Waals surface area contributed by atoms with E-state index in [0.717, 1.165) is 16.9 Å². The van der Waals surface area contributed by atoms with Gasteiger partial charge in [0.2, 0.25) is 5.91 Å². The zero-order chi connectivity index (χ0) is 18.4. The number of nitrogens with zero attached hydrogens (tertiary/aromatic N) is 2. The number of hydrogen-bond donors (Lipinski definition) is 0. The summed E-state index contributed by atoms with van der Waals surface area (Å²) < 4.78 is 0. The van der Waals surface area contributed by atoms with Crippen LogP contribution in [0.2, 0.25) is 0 Å². The number of pyridine rings is 1. The topological polar surface area (TPSA) is 67.3 Å². The maximum Gasteiger partial charge on any atom is 0.236 e. The molecule has 2 heterocycles. The van der Waals surface area contributed by atoms with Gasteiger partial charge in [-0.3, -0.25) is 19.4 Å². The summed E-state index contributed by atoms with van der Waals surface area (Å²) in [6.45, 7) is 5.54. The summed E-state index contributed by atoms with van der Waals surface area (Å²) in [5.74, 6) is -0.496. The minimum Gasteiger partial charge on any atom is -0.314 e. The third kappa shape index (κ3) is 2.86. The Labute approximate surface area is 146 Å². The fourth-order valence-electron chi connectivity index (χ4n) is 3.22. The van der Waals surface area contributed by atoms with E-state index in [-0.39, 0.29) is 23.9 Å². The predicted octanol–water partition coefficient (Wildman–Crippen LogP) is 3.10. The molecule has 1 amide bonds. The molecule has 0 saturated heterocycles. The van der Waals surface area contributed by atoms with Gasteiger partial charge in [0.1, 0.15) is 0 Å². The van der Waals surface area contributed by atoms with Gasteiger partial charge in [0.15, 0.2) is 11.6 Å². The van der Waals surface area contributed by atoms with Crippen molar-refractivity contribution in [2.24, 2.45) is 0 Å². The summed E-state index contributed by atoms with van der Waals surface area (Å²) in [7, 11) is 1.70. The first-order valence-electron chi connectivity index (χ1n) is 8.13. The van der Waals surface area contributed by atoms with E-state index in [4.69, 9.17) is 0 Å². The second-order valence-electron chi connectivity index (χ2n) is 6.93. The average Bonchev–Trinajstić information content (AvgIpc) is 2.75. The van der Waals surface area contributed by atoms with Crippen LogP contribution in [0, 0.1) is 6.92 Å². The van der Waals surface area contributed by atoms with Crippen LogP contribution in [0.5, 0.6) is 0 Å². The summed E-state index contributed by atoms with van der Waals surface area (Å²) in [5, 5.41) is 0. The van der Waals surface area contributed by atoms with Crippen LogP contribution in [0.15, 0.2) is 36.5 Å². The monoisotopic (exact) mass is 336 g/mol. The van der Waals surface area contributed by atoms with E-state index in [0.29, 0.717) is 11.1 Å². The SMILES string of the molecule is Cc1cc(C(=O)CC(=O)c2ccc3c(c2)N(C)C(=O)C3(C)C)ccn1. The number of aromatic nitrogens is 1. The van der Waals surface area contributed by atoms with Crippen LogP contribution in [0.3, 0.4) is 0 Å². The lowest BCUT2D eigenvalue weighted by atomic mass is 9.85. The summed E-state index contributed by atoms with van der Waals surface area (Å²) in [6.07, 6.45) is 1.36. The van der Waals surface area contributed by atoms with E-state index in [1.807, 2.05) is 19.9 Å². The van der Waals surface area contributed by atoms with E-state index in [1.165, 1.54) is 0 Å². The van der Waals surface area contributed by atoms with Gasteiger partial charge in [-0.2, -0.15) is 0 Å². The first kappa shape index (κ1) is 17.0. The molecule has 0 saturated carbocycles. The van der Waals surface area contributed by atoms with Crippen LogP contribution in [-0.4, -0.2) is 29.5 Å². The van der Waals surface area contributed by atoms with Gasteiger partial charge in [-0.1, -0.05) is 12.1 Å². The number of benzene rings is 1. The number of Topliss-reactive ketones (excluding diaryl/α,β-unsaturated/α-hetero) is 2. The Kier molecular flexibility index (Phi) is 4.03. The van der Waals surface area contributed by atoms with Gasteiger partial charge in [0, 0.05) is 35.8 Å². The Bertz CT molecular complexity index is 900. The number of carbonyl (C=O) groups is 3. The van der Waals surface area contributed by atoms with Gasteiger partial charge in [-0.05, 0) is 44.5 Å². The first-order chi connectivity index (χ1) is 11.7. The molecule has 0 unspecified atom stereocenters. The molecule has 1 aromatic carbocycles. The van der Waals surface area contributed by atoms with Crippen LogP contribution in [0.1, 0.15) is 52.2 Å². The Balaban J connectivity index is 1.85. The van der Waals surface area contributed by atoms with Gasteiger partial charge in [0.05, 0.1) is 11.8 Å². The number of aryl methyl sites for hydroxylation is 1. The van der Waals surface area contributed by atoms with Crippen molar-refractivity contribution >= 4 is 23.2 Å². The molecule has 0 fully saturated rings. The number of hydrogen-bond acceptors (Lipinski definition) is 4. The molecule has 5 heteroatoms. The zero-order valence-corrected chi connectivity index (χ0v) is 14.8. The quantitative estimate of drug-likeness (QED) is 0.635. The average molecular weight is 336 g/mol. The number of fused-ring (bicyclic) bond motifs is 1. The second-order valence-corrected chi connectivity index (χ2v) is 6.93. The van der Waals surface area contributed by atoms with Crippen molar-refractivity contribution in [3.05, 3.63) is 58.9 Å². The van der Waals surface area contributed by atoms with Crippen molar-refractivity contribution in [1.29, 1.82) is 0 Å². The van der Waals surface area contributed by atoms with E-state index in [2.05, 4.69) is 4.98 Å². The van der Waals surface area contributed by atoms with Crippen molar-refractivity contribution < 1.29 is 14.4 Å². The number of rotatable bonds is 4. The van der Waals surface area contributed by atoms with Crippen molar-refractivity contribution in [2.45, 2.75) is 32.6 Å². The lowest BCUT2D eigenvalue weighted by Crippen LogP contribution is -2.33. The maximum atomic E-state index is 12.5. The van der Waals surface area contributed by atoms with E-state index >= 15 is 0 Å². The molecule has 5 nitrogen and oxygen atoms in total. The molecule has 0 radical (unpaired) electrons. The van der Waals surface area contributed by atoms with Crippen LogP contribution in [0.4, 0.5) is 5.69 Å². The molecular formula is C20H20N2O3. The summed E-state index contributed by atoms with van der Waals surface area (Å²) >= 11 is 0. The highest BCUT2D eigenvalue weighted by Gasteiger charge is 2.42. The third-order valence-electron chi connectivity index (χ3n) is 4.73. The summed E-state index contributed by atoms with van der Waals surface area (Å²) in [4.78, 5) is 42.8. The van der Waals surface area contributed by atoms with E-state index in [1.54, 1.807) is 49.3 Å². The van der Waals surface area contributed by atoms with Crippen LogP contribution < -0.4 is 4.90 Å². The van der Waals surface area contributed by atoms with Crippen molar-refractivity contribution in [3.8, 4) is 0 Å². The minimum atomic E-state index is -0.601. The number of anilines is 1. The number of carbonyl (C=O) groups excluding carboxylic acids is 3. The Morgan fingerprint density at radius 2 is 1.72 bits per heavy atom. The molecule has 2 aromatic rings. The smallest absolute Gasteiger partial charge is 0.236 e. The minimum absolute atomic E-state index is 0.00423. The Hall–Kier alpha value is -2.82. The fourth-order valence-corrected chi connectivity index (χ4v) is 3.22. The molecule has 1 aromatic heterocycles. The van der Waals surface area contributed by atoms with Crippen LogP contribution in [0.25, 0.3) is 0 Å². The highest BCUT2D eigenvalue weighted by Crippen LogP contribution is 2.41. The van der Waals surface area contributed by atoms with Crippen LogP contribution >= 0.6 is 0 Å². The van der Waals surface area contributed by atoms with Gasteiger partial charge in [-0.25, -0.2) is 0 Å². The van der Waals surface area contributed by atoms with E-state index < -0.39 is 5.41 Å². The molecule has 0 aliphatic carbocycles. The molecule has 3 rings (SSSR count). The standard InChI is InChI=1S/C20H20N2O3/c1-12-9-14(7-8-21-12)18(24)11-17(23)13-5-6-15-16(10-13)22(4)19(25)20(15,2)3/h5-10H,11H2,1-4H3. The Morgan fingerprint density at radius 3 is 2.36 bits per heavy atom. The molecule has 0 N–H and O–H groups in total. The predicted molar refractivity (Wildman–Crippen MR) is 95.1 cm³/mol. The van der Waals surface area contributed by atoms with Gasteiger partial charge in [-0.15, -0.1) is 0 Å². The number of likely N-dealkylation sites (N-methyl/N-ethyl adjacent to an activating group) is 1. The van der Waals surface area contributed by atoms with Gasteiger partial charge >= 0.3 is 0 Å². The van der Waals surface area contributed by atoms with Gasteiger partial charge in [0.25, 0.3) is 0 Å². The molecule has 128 valence electrons. The van der Waals surface area contributed by atoms with Crippen molar-refractivity contribution in [2.75, 3.05) is 11.9 Å². The molecule has 1 aliphatic heterocycles.